The molecule has 1 aromatic carbocycles. The SMILES string of the molecule is Cc1ccc(C#N)cc1NC(=O)NC(C)C(=O)O. The molecular formula is C12H13N3O3. The van der Waals surface area contributed by atoms with Crippen molar-refractivity contribution in [1.82, 2.24) is 5.32 Å². The zero-order valence-electron chi connectivity index (χ0n) is 10.0. The molecule has 2 amide bonds. The number of carbonyl (C=O) groups is 2. The van der Waals surface area contributed by atoms with Gasteiger partial charge >= 0.3 is 12.0 Å². The Hall–Kier alpha value is -2.55. The third-order valence-electron chi connectivity index (χ3n) is 2.33. The summed E-state index contributed by atoms with van der Waals surface area (Å²) in [7, 11) is 0. The Labute approximate surface area is 104 Å². The lowest BCUT2D eigenvalue weighted by atomic mass is 10.1. The summed E-state index contributed by atoms with van der Waals surface area (Å²) in [4.78, 5) is 22.1. The maximum Gasteiger partial charge on any atom is 0.325 e. The minimum absolute atomic E-state index is 0.419. The number of amides is 2. The van der Waals surface area contributed by atoms with Crippen LogP contribution in [0.5, 0.6) is 0 Å². The van der Waals surface area contributed by atoms with Crippen LogP contribution in [0.2, 0.25) is 0 Å². The summed E-state index contributed by atoms with van der Waals surface area (Å²) in [5, 5.41) is 22.2. The monoisotopic (exact) mass is 247 g/mol. The van der Waals surface area contributed by atoms with Gasteiger partial charge in [0.05, 0.1) is 11.6 Å². The van der Waals surface area contributed by atoms with Crippen molar-refractivity contribution in [2.75, 3.05) is 5.32 Å². The van der Waals surface area contributed by atoms with E-state index in [9.17, 15) is 9.59 Å². The fraction of sp³-hybridized carbons (Fsp3) is 0.250. The standard InChI is InChI=1S/C12H13N3O3/c1-7-3-4-9(6-13)5-10(7)15-12(18)14-8(2)11(16)17/h3-5,8H,1-2H3,(H,16,17)(H2,14,15,18). The van der Waals surface area contributed by atoms with Crippen LogP contribution in [0.15, 0.2) is 18.2 Å². The van der Waals surface area contributed by atoms with Gasteiger partial charge in [0.15, 0.2) is 0 Å². The van der Waals surface area contributed by atoms with Crippen molar-refractivity contribution in [3.63, 3.8) is 0 Å². The normalized spacial score (nSPS) is 11.2. The van der Waals surface area contributed by atoms with Gasteiger partial charge in [0.1, 0.15) is 6.04 Å². The van der Waals surface area contributed by atoms with Crippen LogP contribution >= 0.6 is 0 Å². The molecule has 0 heterocycles. The fourth-order valence-corrected chi connectivity index (χ4v) is 1.24. The highest BCUT2D eigenvalue weighted by Crippen LogP contribution is 2.16. The summed E-state index contributed by atoms with van der Waals surface area (Å²) in [5.41, 5.74) is 1.68. The molecule has 0 spiro atoms. The van der Waals surface area contributed by atoms with Gasteiger partial charge in [-0.05, 0) is 31.5 Å². The molecular weight excluding hydrogens is 234 g/mol. The van der Waals surface area contributed by atoms with E-state index in [0.717, 1.165) is 5.56 Å². The molecule has 3 N–H and O–H groups in total. The van der Waals surface area contributed by atoms with E-state index in [1.54, 1.807) is 19.1 Å². The molecule has 0 radical (unpaired) electrons. The molecule has 1 rings (SSSR count). The van der Waals surface area contributed by atoms with Crippen LogP contribution in [0.25, 0.3) is 0 Å². The van der Waals surface area contributed by atoms with Crippen LogP contribution < -0.4 is 10.6 Å². The number of carboxylic acids is 1. The Morgan fingerprint density at radius 1 is 1.44 bits per heavy atom. The number of anilines is 1. The molecule has 6 heteroatoms. The van der Waals surface area contributed by atoms with Crippen LogP contribution in [0.3, 0.4) is 0 Å². The minimum Gasteiger partial charge on any atom is -0.480 e. The number of aliphatic carboxylic acids is 1. The quantitative estimate of drug-likeness (QED) is 0.752. The van der Waals surface area contributed by atoms with E-state index in [0.29, 0.717) is 11.3 Å². The molecule has 1 unspecified atom stereocenters. The maximum absolute atomic E-state index is 11.5. The molecule has 0 aliphatic rings. The first-order valence-electron chi connectivity index (χ1n) is 5.25. The number of urea groups is 1. The van der Waals surface area contributed by atoms with Gasteiger partial charge in [-0.15, -0.1) is 0 Å². The van der Waals surface area contributed by atoms with Crippen LogP contribution in [-0.2, 0) is 4.79 Å². The fourth-order valence-electron chi connectivity index (χ4n) is 1.24. The Bertz CT molecular complexity index is 520. The lowest BCUT2D eigenvalue weighted by molar-refractivity contribution is -0.138. The summed E-state index contributed by atoms with van der Waals surface area (Å²) in [6.07, 6.45) is 0. The predicted molar refractivity (Wildman–Crippen MR) is 65.1 cm³/mol. The first-order valence-corrected chi connectivity index (χ1v) is 5.25. The molecule has 0 saturated heterocycles. The van der Waals surface area contributed by atoms with Crippen LogP contribution in [0.4, 0.5) is 10.5 Å². The third-order valence-corrected chi connectivity index (χ3v) is 2.33. The lowest BCUT2D eigenvalue weighted by Crippen LogP contribution is -2.40. The molecule has 0 bridgehead atoms. The topological polar surface area (TPSA) is 102 Å². The van der Waals surface area contributed by atoms with E-state index in [-0.39, 0.29) is 0 Å². The second-order valence-corrected chi connectivity index (χ2v) is 3.80. The number of nitriles is 1. The van der Waals surface area contributed by atoms with Crippen molar-refractivity contribution < 1.29 is 14.7 Å². The molecule has 6 nitrogen and oxygen atoms in total. The van der Waals surface area contributed by atoms with Gasteiger partial charge in [-0.2, -0.15) is 5.26 Å². The van der Waals surface area contributed by atoms with Crippen molar-refractivity contribution in [1.29, 1.82) is 5.26 Å². The molecule has 18 heavy (non-hydrogen) atoms. The van der Waals surface area contributed by atoms with E-state index in [1.807, 2.05) is 6.07 Å². The molecule has 1 atom stereocenters. The number of nitrogens with zero attached hydrogens (tertiary/aromatic N) is 1. The third kappa shape index (κ3) is 3.49. The summed E-state index contributed by atoms with van der Waals surface area (Å²) < 4.78 is 0. The molecule has 94 valence electrons. The minimum atomic E-state index is -1.12. The van der Waals surface area contributed by atoms with E-state index < -0.39 is 18.0 Å². The number of carbonyl (C=O) groups excluding carboxylic acids is 1. The van der Waals surface area contributed by atoms with E-state index in [1.165, 1.54) is 13.0 Å². The Morgan fingerprint density at radius 2 is 2.11 bits per heavy atom. The summed E-state index contributed by atoms with van der Waals surface area (Å²) in [6, 6.07) is 5.23. The average molecular weight is 247 g/mol. The van der Waals surface area contributed by atoms with E-state index >= 15 is 0 Å². The molecule has 0 aliphatic heterocycles. The molecule has 0 aliphatic carbocycles. The van der Waals surface area contributed by atoms with Crippen molar-refractivity contribution in [3.8, 4) is 6.07 Å². The number of aryl methyl sites for hydroxylation is 1. The summed E-state index contributed by atoms with van der Waals surface area (Å²) in [5.74, 6) is -1.12. The lowest BCUT2D eigenvalue weighted by Gasteiger charge is -2.12. The van der Waals surface area contributed by atoms with Crippen molar-refractivity contribution >= 4 is 17.7 Å². The number of benzene rings is 1. The molecule has 0 saturated carbocycles. The number of hydrogen-bond acceptors (Lipinski definition) is 3. The second kappa shape index (κ2) is 5.68. The van der Waals surface area contributed by atoms with Crippen LogP contribution in [0, 0.1) is 18.3 Å². The maximum atomic E-state index is 11.5. The Balaban J connectivity index is 2.76. The number of hydrogen-bond donors (Lipinski definition) is 3. The Morgan fingerprint density at radius 3 is 2.67 bits per heavy atom. The van der Waals surface area contributed by atoms with Crippen LogP contribution in [0.1, 0.15) is 18.1 Å². The highest BCUT2D eigenvalue weighted by molar-refractivity contribution is 5.92. The molecule has 0 aromatic heterocycles. The second-order valence-electron chi connectivity index (χ2n) is 3.80. The van der Waals surface area contributed by atoms with Gasteiger partial charge in [0.25, 0.3) is 0 Å². The van der Waals surface area contributed by atoms with Gasteiger partial charge < -0.3 is 15.7 Å². The van der Waals surface area contributed by atoms with Gasteiger partial charge in [-0.1, -0.05) is 6.07 Å². The van der Waals surface area contributed by atoms with Gasteiger partial charge in [-0.3, -0.25) is 4.79 Å². The van der Waals surface area contributed by atoms with Gasteiger partial charge in [0.2, 0.25) is 0 Å². The van der Waals surface area contributed by atoms with E-state index in [4.69, 9.17) is 10.4 Å². The highest BCUT2D eigenvalue weighted by atomic mass is 16.4. The predicted octanol–water partition coefficient (Wildman–Crippen LogP) is 1.46. The summed E-state index contributed by atoms with van der Waals surface area (Å²) in [6.45, 7) is 3.14. The van der Waals surface area contributed by atoms with Crippen molar-refractivity contribution in [3.05, 3.63) is 29.3 Å². The number of carboxylic acid groups (broad SMARTS) is 1. The van der Waals surface area contributed by atoms with Crippen molar-refractivity contribution in [2.24, 2.45) is 0 Å². The largest absolute Gasteiger partial charge is 0.480 e. The molecule has 1 aromatic rings. The van der Waals surface area contributed by atoms with Gasteiger partial charge in [-0.25, -0.2) is 4.79 Å². The highest BCUT2D eigenvalue weighted by Gasteiger charge is 2.14. The zero-order valence-corrected chi connectivity index (χ0v) is 10.0. The van der Waals surface area contributed by atoms with Crippen LogP contribution in [-0.4, -0.2) is 23.1 Å². The smallest absolute Gasteiger partial charge is 0.325 e. The number of rotatable bonds is 3. The first kappa shape index (κ1) is 13.5. The average Bonchev–Trinajstić information content (AvgIpc) is 2.31. The van der Waals surface area contributed by atoms with Gasteiger partial charge in [0, 0.05) is 5.69 Å². The van der Waals surface area contributed by atoms with E-state index in [2.05, 4.69) is 10.6 Å². The van der Waals surface area contributed by atoms with Crippen molar-refractivity contribution in [2.45, 2.75) is 19.9 Å². The first-order chi connectivity index (χ1) is 8.43. The summed E-state index contributed by atoms with van der Waals surface area (Å²) >= 11 is 0. The Kier molecular flexibility index (Phi) is 4.27. The number of nitrogens with one attached hydrogen (secondary N) is 2. The molecule has 0 fully saturated rings. The zero-order chi connectivity index (χ0) is 13.7.